The average Bonchev–Trinajstić information content (AvgIpc) is 2.82. The van der Waals surface area contributed by atoms with Crippen LogP contribution in [0, 0.1) is 0 Å². The maximum atomic E-state index is 11.6. The number of anilines is 1. The molecule has 0 bridgehead atoms. The van der Waals surface area contributed by atoms with Crippen LogP contribution in [0.5, 0.6) is 0 Å². The number of aliphatic hydroxyl groups excluding tert-OH is 3. The van der Waals surface area contributed by atoms with Crippen molar-refractivity contribution in [3.05, 3.63) is 16.0 Å². The maximum Gasteiger partial charge on any atom is 0.278 e. The molecule has 0 fully saturated rings. The Morgan fingerprint density at radius 3 is 2.75 bits per heavy atom. The Balaban J connectivity index is 2.20. The van der Waals surface area contributed by atoms with Gasteiger partial charge in [0.1, 0.15) is 16.7 Å². The molecule has 0 spiro atoms. The molecule has 0 aliphatic carbocycles. The van der Waals surface area contributed by atoms with Crippen LogP contribution in [0.2, 0.25) is 0 Å². The van der Waals surface area contributed by atoms with E-state index in [9.17, 15) is 9.90 Å². The molecule has 0 aromatic carbocycles. The molecule has 2 heterocycles. The first-order chi connectivity index (χ1) is 9.56. The summed E-state index contributed by atoms with van der Waals surface area (Å²) in [5.74, 6) is -0.0285. The summed E-state index contributed by atoms with van der Waals surface area (Å²) in [5.41, 5.74) is 5.96. The molecule has 110 valence electrons. The molecular weight excluding hydrogens is 268 g/mol. The molecular formula is C10H16N6O4. The number of nitrogens with zero attached hydrogens (tertiary/aromatic N) is 2. The van der Waals surface area contributed by atoms with E-state index in [0.29, 0.717) is 11.2 Å². The number of nitrogen functional groups attached to an aromatic ring is 1. The summed E-state index contributed by atoms with van der Waals surface area (Å²) in [5, 5.41) is 36.7. The fourth-order valence-corrected chi connectivity index (χ4v) is 1.78. The van der Waals surface area contributed by atoms with E-state index in [-0.39, 0.29) is 24.6 Å². The second kappa shape index (κ2) is 5.96. The Kier molecular flexibility index (Phi) is 4.29. The summed E-state index contributed by atoms with van der Waals surface area (Å²) in [6, 6.07) is -0.717. The number of fused-ring (bicyclic) bond motifs is 1. The van der Waals surface area contributed by atoms with E-state index in [1.54, 1.807) is 0 Å². The zero-order valence-electron chi connectivity index (χ0n) is 10.5. The molecule has 0 unspecified atom stereocenters. The summed E-state index contributed by atoms with van der Waals surface area (Å²) in [4.78, 5) is 17.9. The van der Waals surface area contributed by atoms with E-state index < -0.39 is 24.3 Å². The van der Waals surface area contributed by atoms with Gasteiger partial charge in [0.15, 0.2) is 0 Å². The number of aliphatic hydroxyl groups is 3. The van der Waals surface area contributed by atoms with Gasteiger partial charge in [-0.2, -0.15) is 5.10 Å². The van der Waals surface area contributed by atoms with Gasteiger partial charge in [-0.1, -0.05) is 0 Å². The van der Waals surface area contributed by atoms with Crippen molar-refractivity contribution in [2.45, 2.75) is 18.7 Å². The van der Waals surface area contributed by atoms with Crippen molar-refractivity contribution in [2.75, 3.05) is 18.9 Å². The molecule has 10 nitrogen and oxygen atoms in total. The van der Waals surface area contributed by atoms with Crippen LogP contribution in [0.15, 0.2) is 4.79 Å². The van der Waals surface area contributed by atoms with Gasteiger partial charge in [0.25, 0.3) is 5.56 Å². The standard InChI is InChI=1S/C10H16N6O4/c11-10-13-7-4(15-16-8(7)9(20)14-10)1-12-5(2-17)6(19)3-18/h5-6,12,17-19H,1-3H2,(H,15,16)(H3,11,13,14,20)/t5-,6+/m1/s1. The quantitative estimate of drug-likeness (QED) is 0.294. The Bertz CT molecular complexity index is 638. The Labute approximate surface area is 112 Å². The van der Waals surface area contributed by atoms with Gasteiger partial charge in [-0.15, -0.1) is 0 Å². The van der Waals surface area contributed by atoms with Gasteiger partial charge in [-0.05, 0) is 0 Å². The molecule has 20 heavy (non-hydrogen) atoms. The maximum absolute atomic E-state index is 11.6. The van der Waals surface area contributed by atoms with Crippen molar-refractivity contribution in [1.82, 2.24) is 25.5 Å². The molecule has 0 aliphatic rings. The van der Waals surface area contributed by atoms with Crippen LogP contribution >= 0.6 is 0 Å². The number of aromatic amines is 2. The van der Waals surface area contributed by atoms with Crippen LogP contribution in [0.1, 0.15) is 5.69 Å². The Morgan fingerprint density at radius 1 is 1.35 bits per heavy atom. The van der Waals surface area contributed by atoms with E-state index in [4.69, 9.17) is 15.9 Å². The smallest absolute Gasteiger partial charge is 0.278 e. The molecule has 2 aromatic rings. The molecule has 2 aromatic heterocycles. The van der Waals surface area contributed by atoms with Gasteiger partial charge >= 0.3 is 0 Å². The molecule has 0 saturated carbocycles. The second-order valence-corrected chi connectivity index (χ2v) is 4.26. The van der Waals surface area contributed by atoms with E-state index >= 15 is 0 Å². The number of nitrogens with two attached hydrogens (primary N) is 1. The highest BCUT2D eigenvalue weighted by molar-refractivity contribution is 5.76. The van der Waals surface area contributed by atoms with E-state index in [2.05, 4.69) is 25.5 Å². The van der Waals surface area contributed by atoms with Gasteiger partial charge in [-0.25, -0.2) is 4.98 Å². The van der Waals surface area contributed by atoms with Crippen molar-refractivity contribution >= 4 is 17.0 Å². The van der Waals surface area contributed by atoms with Crippen LogP contribution in [-0.4, -0.2) is 60.8 Å². The number of H-pyrrole nitrogens is 2. The third kappa shape index (κ3) is 2.77. The zero-order chi connectivity index (χ0) is 14.7. The topological polar surface area (TPSA) is 173 Å². The Morgan fingerprint density at radius 2 is 2.10 bits per heavy atom. The summed E-state index contributed by atoms with van der Waals surface area (Å²) in [6.07, 6.45) is -1.10. The monoisotopic (exact) mass is 284 g/mol. The second-order valence-electron chi connectivity index (χ2n) is 4.26. The SMILES string of the molecule is Nc1nc2c(CN[C@H](CO)[C@@H](O)CO)n[nH]c2c(=O)[nH]1. The first kappa shape index (κ1) is 14.4. The molecule has 0 amide bonds. The summed E-state index contributed by atoms with van der Waals surface area (Å²) in [7, 11) is 0. The molecule has 0 saturated heterocycles. The summed E-state index contributed by atoms with van der Waals surface area (Å²) in [6.45, 7) is -0.706. The number of nitrogens with one attached hydrogen (secondary N) is 3. The minimum Gasteiger partial charge on any atom is -0.395 e. The number of aromatic nitrogens is 4. The van der Waals surface area contributed by atoms with E-state index in [1.807, 2.05) is 0 Å². The van der Waals surface area contributed by atoms with Crippen molar-refractivity contribution < 1.29 is 15.3 Å². The highest BCUT2D eigenvalue weighted by Gasteiger charge is 2.18. The summed E-state index contributed by atoms with van der Waals surface area (Å²) >= 11 is 0. The lowest BCUT2D eigenvalue weighted by atomic mass is 10.2. The highest BCUT2D eigenvalue weighted by Crippen LogP contribution is 2.10. The minimum atomic E-state index is -1.10. The number of hydrogen-bond acceptors (Lipinski definition) is 8. The van der Waals surface area contributed by atoms with E-state index in [0.717, 1.165) is 0 Å². The first-order valence-corrected chi connectivity index (χ1v) is 5.92. The normalized spacial score (nSPS) is 14.6. The largest absolute Gasteiger partial charge is 0.395 e. The van der Waals surface area contributed by atoms with Crippen LogP contribution in [-0.2, 0) is 6.54 Å². The van der Waals surface area contributed by atoms with Gasteiger partial charge in [0, 0.05) is 6.54 Å². The van der Waals surface area contributed by atoms with Gasteiger partial charge in [0.2, 0.25) is 5.95 Å². The fourth-order valence-electron chi connectivity index (χ4n) is 1.78. The fraction of sp³-hybridized carbons (Fsp3) is 0.500. The molecule has 2 atom stereocenters. The lowest BCUT2D eigenvalue weighted by Gasteiger charge is -2.19. The molecule has 2 rings (SSSR count). The van der Waals surface area contributed by atoms with Crippen molar-refractivity contribution in [2.24, 2.45) is 0 Å². The minimum absolute atomic E-state index is 0.0285. The summed E-state index contributed by atoms with van der Waals surface area (Å²) < 4.78 is 0. The number of hydrogen-bond donors (Lipinski definition) is 7. The lowest BCUT2D eigenvalue weighted by molar-refractivity contribution is 0.0409. The van der Waals surface area contributed by atoms with Crippen molar-refractivity contribution in [3.8, 4) is 0 Å². The first-order valence-electron chi connectivity index (χ1n) is 5.92. The molecule has 8 N–H and O–H groups in total. The van der Waals surface area contributed by atoms with E-state index in [1.165, 1.54) is 0 Å². The van der Waals surface area contributed by atoms with Gasteiger partial charge in [-0.3, -0.25) is 14.9 Å². The van der Waals surface area contributed by atoms with Gasteiger partial charge < -0.3 is 26.4 Å². The molecule has 0 aliphatic heterocycles. The van der Waals surface area contributed by atoms with Crippen molar-refractivity contribution in [1.29, 1.82) is 0 Å². The van der Waals surface area contributed by atoms with Crippen LogP contribution in [0.3, 0.4) is 0 Å². The highest BCUT2D eigenvalue weighted by atomic mass is 16.3. The lowest BCUT2D eigenvalue weighted by Crippen LogP contribution is -2.44. The average molecular weight is 284 g/mol. The third-order valence-corrected chi connectivity index (χ3v) is 2.89. The van der Waals surface area contributed by atoms with Crippen LogP contribution < -0.4 is 16.6 Å². The Hall–Kier alpha value is -2.01. The van der Waals surface area contributed by atoms with Gasteiger partial charge in [0.05, 0.1) is 25.4 Å². The zero-order valence-corrected chi connectivity index (χ0v) is 10.5. The number of rotatable bonds is 6. The molecule has 0 radical (unpaired) electrons. The van der Waals surface area contributed by atoms with Crippen LogP contribution in [0.4, 0.5) is 5.95 Å². The predicted molar refractivity (Wildman–Crippen MR) is 69.7 cm³/mol. The predicted octanol–water partition coefficient (Wildman–Crippen LogP) is -2.97. The van der Waals surface area contributed by atoms with Crippen molar-refractivity contribution in [3.63, 3.8) is 0 Å². The third-order valence-electron chi connectivity index (χ3n) is 2.89. The van der Waals surface area contributed by atoms with Crippen LogP contribution in [0.25, 0.3) is 11.0 Å². The molecule has 10 heteroatoms.